The van der Waals surface area contributed by atoms with E-state index in [0.29, 0.717) is 12.5 Å². The predicted molar refractivity (Wildman–Crippen MR) is 59.6 cm³/mol. The highest BCUT2D eigenvalue weighted by Crippen LogP contribution is 2.29. The van der Waals surface area contributed by atoms with E-state index in [1.807, 2.05) is 13.8 Å². The molecule has 0 aliphatic rings. The molecular formula is C12H14F5NO. The minimum absolute atomic E-state index is 0.165. The lowest BCUT2D eigenvalue weighted by molar-refractivity contribution is -0.276. The Morgan fingerprint density at radius 1 is 1.16 bits per heavy atom. The van der Waals surface area contributed by atoms with Crippen molar-refractivity contribution >= 4 is 0 Å². The monoisotopic (exact) mass is 283 g/mol. The van der Waals surface area contributed by atoms with Crippen LogP contribution in [0, 0.1) is 17.6 Å². The molecule has 0 radical (unpaired) electrons. The molecule has 1 aromatic rings. The zero-order valence-corrected chi connectivity index (χ0v) is 10.4. The van der Waals surface area contributed by atoms with Crippen molar-refractivity contribution in [1.29, 1.82) is 0 Å². The fourth-order valence-electron chi connectivity index (χ4n) is 1.43. The number of hydrogen-bond acceptors (Lipinski definition) is 2. The highest BCUT2D eigenvalue weighted by atomic mass is 19.4. The average Bonchev–Trinajstić information content (AvgIpc) is 2.21. The first-order chi connectivity index (χ1) is 8.69. The second kappa shape index (κ2) is 6.18. The fourth-order valence-corrected chi connectivity index (χ4v) is 1.43. The van der Waals surface area contributed by atoms with Gasteiger partial charge in [-0.25, -0.2) is 8.78 Å². The van der Waals surface area contributed by atoms with Gasteiger partial charge < -0.3 is 10.1 Å². The van der Waals surface area contributed by atoms with E-state index in [1.54, 1.807) is 0 Å². The summed E-state index contributed by atoms with van der Waals surface area (Å²) in [5.74, 6) is -3.83. The number of halogens is 5. The van der Waals surface area contributed by atoms with Gasteiger partial charge in [0.2, 0.25) is 5.75 Å². The Bertz CT molecular complexity index is 408. The lowest BCUT2D eigenvalue weighted by atomic mass is 10.2. The maximum atomic E-state index is 13.3. The molecule has 0 aromatic heterocycles. The summed E-state index contributed by atoms with van der Waals surface area (Å²) >= 11 is 0. The molecule has 1 aromatic carbocycles. The summed E-state index contributed by atoms with van der Waals surface area (Å²) in [6, 6.07) is 1.63. The molecular weight excluding hydrogens is 269 g/mol. The van der Waals surface area contributed by atoms with Crippen LogP contribution in [0.4, 0.5) is 22.0 Å². The van der Waals surface area contributed by atoms with Gasteiger partial charge in [-0.15, -0.1) is 13.2 Å². The molecule has 108 valence electrons. The molecule has 1 rings (SSSR count). The first-order valence-electron chi connectivity index (χ1n) is 5.63. The predicted octanol–water partition coefficient (Wildman–Crippen LogP) is 3.61. The first-order valence-corrected chi connectivity index (χ1v) is 5.63. The summed E-state index contributed by atoms with van der Waals surface area (Å²) in [5, 5.41) is 2.93. The van der Waals surface area contributed by atoms with Crippen LogP contribution in [-0.2, 0) is 6.54 Å². The van der Waals surface area contributed by atoms with Crippen LogP contribution >= 0.6 is 0 Å². The van der Waals surface area contributed by atoms with Crippen LogP contribution < -0.4 is 10.1 Å². The molecule has 0 aliphatic heterocycles. The van der Waals surface area contributed by atoms with Crippen LogP contribution in [0.15, 0.2) is 12.1 Å². The Hall–Kier alpha value is -1.37. The van der Waals surface area contributed by atoms with Crippen LogP contribution in [0.5, 0.6) is 5.75 Å². The molecule has 0 atom stereocenters. The fraction of sp³-hybridized carbons (Fsp3) is 0.500. The van der Waals surface area contributed by atoms with Crippen molar-refractivity contribution < 1.29 is 26.7 Å². The molecule has 0 bridgehead atoms. The second-order valence-corrected chi connectivity index (χ2v) is 4.46. The number of ether oxygens (including phenoxy) is 1. The summed E-state index contributed by atoms with van der Waals surface area (Å²) in [4.78, 5) is 0. The summed E-state index contributed by atoms with van der Waals surface area (Å²) in [6.07, 6.45) is -5.13. The van der Waals surface area contributed by atoms with E-state index < -0.39 is 23.7 Å². The molecule has 0 saturated carbocycles. The number of hydrogen-bond donors (Lipinski definition) is 1. The van der Waals surface area contributed by atoms with Gasteiger partial charge in [0, 0.05) is 6.54 Å². The third-order valence-corrected chi connectivity index (χ3v) is 2.16. The van der Waals surface area contributed by atoms with E-state index in [1.165, 1.54) is 0 Å². The van der Waals surface area contributed by atoms with E-state index in [-0.39, 0.29) is 12.1 Å². The van der Waals surface area contributed by atoms with E-state index >= 15 is 0 Å². The summed E-state index contributed by atoms with van der Waals surface area (Å²) in [5.41, 5.74) is 0.213. The smallest absolute Gasteiger partial charge is 0.399 e. The van der Waals surface area contributed by atoms with Crippen LogP contribution in [0.25, 0.3) is 0 Å². The number of nitrogens with one attached hydrogen (secondary N) is 1. The maximum absolute atomic E-state index is 13.3. The summed E-state index contributed by atoms with van der Waals surface area (Å²) in [7, 11) is 0. The highest BCUT2D eigenvalue weighted by molar-refractivity contribution is 5.31. The summed E-state index contributed by atoms with van der Waals surface area (Å²) < 4.78 is 65.7. The van der Waals surface area contributed by atoms with E-state index in [4.69, 9.17) is 0 Å². The van der Waals surface area contributed by atoms with Gasteiger partial charge in [0.25, 0.3) is 0 Å². The van der Waals surface area contributed by atoms with Crippen LogP contribution in [0.2, 0.25) is 0 Å². The Morgan fingerprint density at radius 2 is 1.68 bits per heavy atom. The minimum atomic E-state index is -5.13. The molecule has 7 heteroatoms. The molecule has 1 N–H and O–H groups in total. The average molecular weight is 283 g/mol. The van der Waals surface area contributed by atoms with Crippen molar-refractivity contribution in [1.82, 2.24) is 5.32 Å². The van der Waals surface area contributed by atoms with Crippen molar-refractivity contribution in [3.05, 3.63) is 29.3 Å². The second-order valence-electron chi connectivity index (χ2n) is 4.46. The lowest BCUT2D eigenvalue weighted by Gasteiger charge is -2.12. The first kappa shape index (κ1) is 15.7. The Morgan fingerprint density at radius 3 is 2.11 bits per heavy atom. The number of benzene rings is 1. The molecule has 19 heavy (non-hydrogen) atoms. The van der Waals surface area contributed by atoms with Gasteiger partial charge in [-0.1, -0.05) is 13.8 Å². The van der Waals surface area contributed by atoms with Gasteiger partial charge in [-0.2, -0.15) is 0 Å². The van der Waals surface area contributed by atoms with Gasteiger partial charge in [0.15, 0.2) is 11.6 Å². The van der Waals surface area contributed by atoms with Crippen molar-refractivity contribution in [2.75, 3.05) is 6.54 Å². The van der Waals surface area contributed by atoms with Gasteiger partial charge >= 0.3 is 6.36 Å². The van der Waals surface area contributed by atoms with E-state index in [2.05, 4.69) is 10.1 Å². The lowest BCUT2D eigenvalue weighted by Crippen LogP contribution is -2.20. The van der Waals surface area contributed by atoms with Gasteiger partial charge in [0.05, 0.1) is 0 Å². The van der Waals surface area contributed by atoms with Crippen LogP contribution in [-0.4, -0.2) is 12.9 Å². The Kier molecular flexibility index (Phi) is 5.11. The molecule has 0 fully saturated rings. The van der Waals surface area contributed by atoms with Gasteiger partial charge in [-0.05, 0) is 30.2 Å². The Balaban J connectivity index is 2.79. The minimum Gasteiger partial charge on any atom is -0.399 e. The van der Waals surface area contributed by atoms with Crippen molar-refractivity contribution in [2.24, 2.45) is 5.92 Å². The molecule has 0 aliphatic carbocycles. The highest BCUT2D eigenvalue weighted by Gasteiger charge is 2.34. The summed E-state index contributed by atoms with van der Waals surface area (Å²) in [6.45, 7) is 4.70. The van der Waals surface area contributed by atoms with Crippen LogP contribution in [0.3, 0.4) is 0 Å². The SMILES string of the molecule is CC(C)CNCc1cc(F)c(OC(F)(F)F)c(F)c1. The maximum Gasteiger partial charge on any atom is 0.573 e. The zero-order chi connectivity index (χ0) is 14.6. The molecule has 0 saturated heterocycles. The topological polar surface area (TPSA) is 21.3 Å². The van der Waals surface area contributed by atoms with Gasteiger partial charge in [0.1, 0.15) is 0 Å². The third kappa shape index (κ3) is 5.42. The van der Waals surface area contributed by atoms with E-state index in [9.17, 15) is 22.0 Å². The molecule has 2 nitrogen and oxygen atoms in total. The normalized spacial score (nSPS) is 12.0. The third-order valence-electron chi connectivity index (χ3n) is 2.16. The molecule has 0 amide bonds. The van der Waals surface area contributed by atoms with Gasteiger partial charge in [-0.3, -0.25) is 0 Å². The van der Waals surface area contributed by atoms with Crippen molar-refractivity contribution in [2.45, 2.75) is 26.8 Å². The molecule has 0 unspecified atom stereocenters. The van der Waals surface area contributed by atoms with Crippen molar-refractivity contribution in [3.8, 4) is 5.75 Å². The Labute approximate surface area is 107 Å². The number of rotatable bonds is 5. The van der Waals surface area contributed by atoms with Crippen LogP contribution in [0.1, 0.15) is 19.4 Å². The van der Waals surface area contributed by atoms with Crippen molar-refractivity contribution in [3.63, 3.8) is 0 Å². The molecule has 0 spiro atoms. The standard InChI is InChI=1S/C12H14F5NO/c1-7(2)5-18-6-8-3-9(13)11(10(14)4-8)19-12(15,16)17/h3-4,7,18H,5-6H2,1-2H3. The quantitative estimate of drug-likeness (QED) is 0.833. The number of alkyl halides is 3. The van der Waals surface area contributed by atoms with E-state index in [0.717, 1.165) is 12.1 Å². The molecule has 0 heterocycles. The zero-order valence-electron chi connectivity index (χ0n) is 10.4. The largest absolute Gasteiger partial charge is 0.573 e.